The fourth-order valence-corrected chi connectivity index (χ4v) is 5.77. The highest BCUT2D eigenvalue weighted by Crippen LogP contribution is 2.21. The van der Waals surface area contributed by atoms with E-state index in [0.717, 1.165) is 21.3 Å². The van der Waals surface area contributed by atoms with Gasteiger partial charge in [-0.05, 0) is 58.2 Å². The number of alkyl carbamates (subject to hydrolysis) is 1. The summed E-state index contributed by atoms with van der Waals surface area (Å²) in [6.45, 7) is 2.91. The van der Waals surface area contributed by atoms with Gasteiger partial charge in [-0.2, -0.15) is 0 Å². The second-order valence-corrected chi connectivity index (χ2v) is 14.4. The van der Waals surface area contributed by atoms with Crippen molar-refractivity contribution in [2.75, 3.05) is 21.3 Å². The maximum absolute atomic E-state index is 13.8. The summed E-state index contributed by atoms with van der Waals surface area (Å²) < 4.78 is 19.7. The third kappa shape index (κ3) is 17.2. The van der Waals surface area contributed by atoms with Crippen LogP contribution >= 0.6 is 22.6 Å². The number of esters is 3. The molecule has 59 heavy (non-hydrogen) atoms. The van der Waals surface area contributed by atoms with Crippen molar-refractivity contribution in [1.29, 1.82) is 0 Å². The Hall–Kier alpha value is -6.00. The van der Waals surface area contributed by atoms with Crippen LogP contribution in [-0.4, -0.2) is 110 Å². The maximum Gasteiger partial charge on any atom is 0.408 e. The largest absolute Gasteiger partial charge is 0.507 e. The molecule has 322 valence electrons. The lowest BCUT2D eigenvalue weighted by atomic mass is 10.0. The minimum Gasteiger partial charge on any atom is -0.507 e. The van der Waals surface area contributed by atoms with Crippen molar-refractivity contribution in [1.82, 2.24) is 26.6 Å². The number of rotatable bonds is 22. The molecule has 0 heterocycles. The number of nitrogens with two attached hydrogens (primary N) is 1. The van der Waals surface area contributed by atoms with Crippen LogP contribution in [-0.2, 0) is 70.3 Å². The van der Waals surface area contributed by atoms with Crippen molar-refractivity contribution in [3.05, 3.63) is 63.2 Å². The van der Waals surface area contributed by atoms with E-state index in [0.29, 0.717) is 14.7 Å². The summed E-state index contributed by atoms with van der Waals surface area (Å²) in [5.74, 6) is -8.21. The Kier molecular flexibility index (Phi) is 20.6. The molecule has 0 saturated carbocycles. The molecular formula is C38H49IN6O14. The standard InChI is InChI=1S/C38H49IN6O14/c1-20(2)32(37(54)43-26(17-30(48)57-4)35(52)42-25(33(40)50)16-22-11-13-28(46)23(39)15-22)45-34(51)24(12-14-29(47)56-3)41-36(53)27(18-31(49)58-5)44-38(55)59-19-21-9-7-6-8-10-21/h6-11,13,15,20,24-27,32,46H,12,14,16-19H2,1-5H3,(H2,40,50)(H,41,53)(H,42,52)(H,43,54)(H,44,55)(H,45,51)/t24-,25-,26-,27-,32-/m0/s1. The molecule has 0 radical (unpaired) electrons. The van der Waals surface area contributed by atoms with Crippen molar-refractivity contribution < 1.29 is 67.2 Å². The zero-order chi connectivity index (χ0) is 44.2. The molecule has 0 aromatic heterocycles. The number of methoxy groups -OCH3 is 3. The van der Waals surface area contributed by atoms with Gasteiger partial charge in [0.2, 0.25) is 29.5 Å². The predicted molar refractivity (Wildman–Crippen MR) is 214 cm³/mol. The molecule has 0 aliphatic carbocycles. The van der Waals surface area contributed by atoms with Crippen LogP contribution in [0.1, 0.15) is 50.7 Å². The minimum absolute atomic E-state index is 0.00431. The lowest BCUT2D eigenvalue weighted by Gasteiger charge is -2.28. The van der Waals surface area contributed by atoms with Crippen molar-refractivity contribution in [2.45, 2.75) is 82.8 Å². The van der Waals surface area contributed by atoms with E-state index in [1.807, 2.05) is 22.6 Å². The summed E-state index contributed by atoms with van der Waals surface area (Å²) in [6, 6.07) is 5.48. The van der Waals surface area contributed by atoms with Gasteiger partial charge in [-0.3, -0.25) is 38.4 Å². The van der Waals surface area contributed by atoms with Gasteiger partial charge in [0.25, 0.3) is 0 Å². The first kappa shape index (κ1) is 49.1. The molecule has 0 aliphatic rings. The van der Waals surface area contributed by atoms with Gasteiger partial charge in [0.1, 0.15) is 42.6 Å². The molecule has 0 spiro atoms. The van der Waals surface area contributed by atoms with Gasteiger partial charge in [0.05, 0.1) is 37.7 Å². The van der Waals surface area contributed by atoms with E-state index in [9.17, 15) is 48.3 Å². The van der Waals surface area contributed by atoms with Gasteiger partial charge >= 0.3 is 24.0 Å². The highest BCUT2D eigenvalue weighted by Gasteiger charge is 2.35. The quantitative estimate of drug-likeness (QED) is 0.0465. The zero-order valence-corrected chi connectivity index (χ0v) is 35.2. The van der Waals surface area contributed by atoms with E-state index in [1.165, 1.54) is 12.1 Å². The number of phenols is 1. The van der Waals surface area contributed by atoms with E-state index >= 15 is 0 Å². The first-order chi connectivity index (χ1) is 27.9. The smallest absolute Gasteiger partial charge is 0.408 e. The van der Waals surface area contributed by atoms with Gasteiger partial charge in [0.15, 0.2) is 0 Å². The third-order valence-corrected chi connectivity index (χ3v) is 9.37. The Labute approximate surface area is 353 Å². The highest BCUT2D eigenvalue weighted by molar-refractivity contribution is 14.1. The summed E-state index contributed by atoms with van der Waals surface area (Å²) in [5, 5.41) is 21.8. The second kappa shape index (κ2) is 24.7. The normalized spacial score (nSPS) is 13.2. The number of phenolic OH excluding ortho intramolecular Hbond substituents is 1. The number of amides is 6. The maximum atomic E-state index is 13.8. The van der Waals surface area contributed by atoms with Gasteiger partial charge in [-0.25, -0.2) is 4.79 Å². The Morgan fingerprint density at radius 1 is 0.661 bits per heavy atom. The van der Waals surface area contributed by atoms with E-state index < -0.39 is 109 Å². The lowest BCUT2D eigenvalue weighted by molar-refractivity contribution is -0.144. The summed E-state index contributed by atoms with van der Waals surface area (Å²) in [7, 11) is 3.21. The second-order valence-electron chi connectivity index (χ2n) is 13.2. The monoisotopic (exact) mass is 940 g/mol. The molecule has 0 bridgehead atoms. The number of halogens is 1. The van der Waals surface area contributed by atoms with Crippen molar-refractivity contribution >= 4 is 76.1 Å². The van der Waals surface area contributed by atoms with Gasteiger partial charge in [0, 0.05) is 12.8 Å². The number of primary amides is 1. The highest BCUT2D eigenvalue weighted by atomic mass is 127. The molecule has 0 saturated heterocycles. The molecule has 2 aromatic carbocycles. The summed E-state index contributed by atoms with van der Waals surface area (Å²) in [4.78, 5) is 116. The number of carbonyl (C=O) groups excluding carboxylic acids is 9. The average molecular weight is 941 g/mol. The van der Waals surface area contributed by atoms with Crippen LogP contribution in [0.15, 0.2) is 48.5 Å². The summed E-state index contributed by atoms with van der Waals surface area (Å²) in [5.41, 5.74) is 6.71. The summed E-state index contributed by atoms with van der Waals surface area (Å²) in [6.07, 6.45) is -3.33. The average Bonchev–Trinajstić information content (AvgIpc) is 3.20. The molecule has 0 unspecified atom stereocenters. The first-order valence-electron chi connectivity index (χ1n) is 18.0. The molecular weight excluding hydrogens is 891 g/mol. The van der Waals surface area contributed by atoms with Gasteiger partial charge < -0.3 is 56.4 Å². The topological polar surface area (TPSA) is 297 Å². The zero-order valence-electron chi connectivity index (χ0n) is 33.0. The van der Waals surface area contributed by atoms with Crippen LogP contribution in [0.5, 0.6) is 5.75 Å². The fraction of sp³-hybridized carbons (Fsp3) is 0.447. The van der Waals surface area contributed by atoms with Crippen LogP contribution in [0, 0.1) is 9.49 Å². The van der Waals surface area contributed by atoms with Crippen molar-refractivity contribution in [3.63, 3.8) is 0 Å². The van der Waals surface area contributed by atoms with Gasteiger partial charge in [-0.1, -0.05) is 50.2 Å². The third-order valence-electron chi connectivity index (χ3n) is 8.51. The summed E-state index contributed by atoms with van der Waals surface area (Å²) >= 11 is 1.87. The molecule has 20 nitrogen and oxygen atoms in total. The van der Waals surface area contributed by atoms with Crippen LogP contribution in [0.2, 0.25) is 0 Å². The molecule has 8 N–H and O–H groups in total. The number of ether oxygens (including phenoxy) is 4. The number of carbonyl (C=O) groups is 9. The van der Waals surface area contributed by atoms with Crippen LogP contribution in [0.4, 0.5) is 4.79 Å². The number of aromatic hydroxyl groups is 1. The molecule has 2 aromatic rings. The molecule has 21 heteroatoms. The molecule has 6 amide bonds. The first-order valence-corrected chi connectivity index (χ1v) is 19.1. The number of hydrogen-bond donors (Lipinski definition) is 7. The van der Waals surface area contributed by atoms with E-state index in [-0.39, 0.29) is 25.2 Å². The van der Waals surface area contributed by atoms with Crippen molar-refractivity contribution in [3.8, 4) is 5.75 Å². The van der Waals surface area contributed by atoms with E-state index in [1.54, 1.807) is 50.2 Å². The van der Waals surface area contributed by atoms with E-state index in [4.69, 9.17) is 15.2 Å². The number of benzene rings is 2. The van der Waals surface area contributed by atoms with E-state index in [2.05, 4.69) is 36.1 Å². The van der Waals surface area contributed by atoms with Crippen LogP contribution in [0.25, 0.3) is 0 Å². The Balaban J connectivity index is 2.30. The molecule has 2 rings (SSSR count). The Morgan fingerprint density at radius 3 is 1.71 bits per heavy atom. The Morgan fingerprint density at radius 2 is 1.19 bits per heavy atom. The van der Waals surface area contributed by atoms with Crippen LogP contribution < -0.4 is 32.3 Å². The van der Waals surface area contributed by atoms with Gasteiger partial charge in [-0.15, -0.1) is 0 Å². The molecule has 0 aliphatic heterocycles. The molecule has 5 atom stereocenters. The van der Waals surface area contributed by atoms with Crippen molar-refractivity contribution in [2.24, 2.45) is 11.7 Å². The Bertz CT molecular complexity index is 1830. The fourth-order valence-electron chi connectivity index (χ4n) is 5.19. The number of nitrogens with one attached hydrogen (secondary N) is 5. The molecule has 0 fully saturated rings. The van der Waals surface area contributed by atoms with Crippen LogP contribution in [0.3, 0.4) is 0 Å². The SMILES string of the molecule is COC(=O)CC[C@H](NC(=O)[C@H](CC(=O)OC)NC(=O)OCc1ccccc1)C(=O)N[C@H](C(=O)N[C@@H](CC(=O)OC)C(=O)N[C@@H](Cc1ccc(O)c(I)c1)C(N)=O)C(C)C. The number of hydrogen-bond acceptors (Lipinski definition) is 14. The lowest BCUT2D eigenvalue weighted by Crippen LogP contribution is -2.60. The minimum atomic E-state index is -1.64. The predicted octanol–water partition coefficient (Wildman–Crippen LogP) is -0.00580.